The number of carbonyl (C=O) groups excluding carboxylic acids is 3. The number of rotatable bonds is 43. The number of unbranched alkanes of at least 4 members (excludes halogenated alkanes) is 25. The molecule has 0 heterocycles. The maximum absolute atomic E-state index is 12.8. The van der Waals surface area contributed by atoms with Crippen molar-refractivity contribution in [2.45, 2.75) is 272 Å². The van der Waals surface area contributed by atoms with E-state index < -0.39 is 6.10 Å². The summed E-state index contributed by atoms with van der Waals surface area (Å²) in [4.78, 5) is 37.8. The van der Waals surface area contributed by atoms with Gasteiger partial charge in [-0.25, -0.2) is 0 Å². The quantitative estimate of drug-likeness (QED) is 0.0348. The fourth-order valence-electron chi connectivity index (χ4n) is 7.38. The summed E-state index contributed by atoms with van der Waals surface area (Å²) in [5.41, 5.74) is 0. The molecular formula is C50H96O6. The first-order chi connectivity index (χ1) is 27.1. The molecule has 0 saturated carbocycles. The number of hydrogen-bond donors (Lipinski definition) is 0. The van der Waals surface area contributed by atoms with Gasteiger partial charge in [-0.15, -0.1) is 0 Å². The first kappa shape index (κ1) is 54.4. The first-order valence-corrected chi connectivity index (χ1v) is 24.6. The summed E-state index contributed by atoms with van der Waals surface area (Å²) in [5, 5.41) is 0. The average molecular weight is 793 g/mol. The maximum Gasteiger partial charge on any atom is 0.306 e. The van der Waals surface area contributed by atoms with Crippen LogP contribution in [0.4, 0.5) is 0 Å². The third-order valence-corrected chi connectivity index (χ3v) is 11.5. The Labute approximate surface area is 348 Å². The van der Waals surface area contributed by atoms with E-state index in [4.69, 9.17) is 14.2 Å². The lowest BCUT2D eigenvalue weighted by molar-refractivity contribution is -0.167. The predicted octanol–water partition coefficient (Wildman–Crippen LogP) is 15.6. The molecule has 0 aliphatic carbocycles. The first-order valence-electron chi connectivity index (χ1n) is 24.6. The van der Waals surface area contributed by atoms with Crippen molar-refractivity contribution in [1.82, 2.24) is 0 Å². The molecule has 0 aliphatic heterocycles. The molecule has 332 valence electrons. The van der Waals surface area contributed by atoms with Gasteiger partial charge in [0.25, 0.3) is 0 Å². The monoisotopic (exact) mass is 793 g/mol. The second-order valence-corrected chi connectivity index (χ2v) is 18.3. The maximum atomic E-state index is 12.8. The van der Waals surface area contributed by atoms with Gasteiger partial charge in [-0.3, -0.25) is 14.4 Å². The molecule has 6 heteroatoms. The molecule has 0 spiro atoms. The second-order valence-electron chi connectivity index (χ2n) is 18.3. The van der Waals surface area contributed by atoms with Crippen molar-refractivity contribution in [3.05, 3.63) is 0 Å². The van der Waals surface area contributed by atoms with E-state index in [1.165, 1.54) is 148 Å². The van der Waals surface area contributed by atoms with Crippen molar-refractivity contribution < 1.29 is 28.6 Å². The smallest absolute Gasteiger partial charge is 0.306 e. The Balaban J connectivity index is 4.28. The summed E-state index contributed by atoms with van der Waals surface area (Å²) in [6.45, 7) is 13.6. The zero-order valence-electron chi connectivity index (χ0n) is 38.4. The Bertz CT molecular complexity index is 870. The van der Waals surface area contributed by atoms with Crippen LogP contribution in [0.5, 0.6) is 0 Å². The van der Waals surface area contributed by atoms with E-state index in [-0.39, 0.29) is 31.1 Å². The predicted molar refractivity (Wildman–Crippen MR) is 238 cm³/mol. The van der Waals surface area contributed by atoms with Gasteiger partial charge < -0.3 is 14.2 Å². The van der Waals surface area contributed by atoms with Crippen molar-refractivity contribution in [3.63, 3.8) is 0 Å². The molecule has 56 heavy (non-hydrogen) atoms. The highest BCUT2D eigenvalue weighted by atomic mass is 16.6. The van der Waals surface area contributed by atoms with Crippen LogP contribution in [0.15, 0.2) is 0 Å². The number of ether oxygens (including phenoxy) is 3. The molecule has 0 aromatic rings. The van der Waals surface area contributed by atoms with Gasteiger partial charge in [0, 0.05) is 19.3 Å². The summed E-state index contributed by atoms with van der Waals surface area (Å²) in [5.74, 6) is 1.58. The topological polar surface area (TPSA) is 78.9 Å². The zero-order chi connectivity index (χ0) is 41.3. The minimum atomic E-state index is -0.763. The molecular weight excluding hydrogens is 697 g/mol. The Morgan fingerprint density at radius 2 is 0.625 bits per heavy atom. The lowest BCUT2D eigenvalue weighted by Gasteiger charge is -2.18. The largest absolute Gasteiger partial charge is 0.462 e. The fraction of sp³-hybridized carbons (Fsp3) is 0.940. The summed E-state index contributed by atoms with van der Waals surface area (Å²) in [7, 11) is 0. The summed E-state index contributed by atoms with van der Waals surface area (Å²) in [6.07, 6.45) is 39.6. The third-order valence-electron chi connectivity index (χ3n) is 11.5. The van der Waals surface area contributed by atoms with E-state index in [1.54, 1.807) is 0 Å². The average Bonchev–Trinajstić information content (AvgIpc) is 3.16. The zero-order valence-corrected chi connectivity index (χ0v) is 38.4. The second kappa shape index (κ2) is 41.6. The van der Waals surface area contributed by atoms with Gasteiger partial charge in [0.1, 0.15) is 13.2 Å². The molecule has 6 nitrogen and oxygen atoms in total. The van der Waals surface area contributed by atoms with Crippen molar-refractivity contribution in [2.75, 3.05) is 13.2 Å². The third kappa shape index (κ3) is 42.0. The van der Waals surface area contributed by atoms with Gasteiger partial charge >= 0.3 is 17.9 Å². The molecule has 1 unspecified atom stereocenters. The van der Waals surface area contributed by atoms with Crippen LogP contribution in [0.25, 0.3) is 0 Å². The lowest BCUT2D eigenvalue weighted by Crippen LogP contribution is -2.30. The van der Waals surface area contributed by atoms with E-state index >= 15 is 0 Å². The van der Waals surface area contributed by atoms with E-state index in [2.05, 4.69) is 41.5 Å². The summed E-state index contributed by atoms with van der Waals surface area (Å²) < 4.78 is 16.7. The van der Waals surface area contributed by atoms with Crippen LogP contribution >= 0.6 is 0 Å². The van der Waals surface area contributed by atoms with Gasteiger partial charge in [0.2, 0.25) is 0 Å². The fourth-order valence-corrected chi connectivity index (χ4v) is 7.38. The van der Waals surface area contributed by atoms with Crippen LogP contribution in [0.1, 0.15) is 266 Å². The van der Waals surface area contributed by atoms with E-state index in [1.807, 2.05) is 0 Å². The molecule has 0 N–H and O–H groups in total. The van der Waals surface area contributed by atoms with Crippen LogP contribution in [0.2, 0.25) is 0 Å². The highest BCUT2D eigenvalue weighted by Crippen LogP contribution is 2.18. The number of carbonyl (C=O) groups is 3. The molecule has 0 bridgehead atoms. The van der Waals surface area contributed by atoms with Gasteiger partial charge in [-0.1, -0.05) is 228 Å². The van der Waals surface area contributed by atoms with Crippen molar-refractivity contribution in [3.8, 4) is 0 Å². The Morgan fingerprint density at radius 1 is 0.357 bits per heavy atom. The van der Waals surface area contributed by atoms with Crippen LogP contribution in [-0.4, -0.2) is 37.2 Å². The van der Waals surface area contributed by atoms with E-state index in [0.29, 0.717) is 19.3 Å². The summed E-state index contributed by atoms with van der Waals surface area (Å²) in [6, 6.07) is 0. The Hall–Kier alpha value is -1.59. The van der Waals surface area contributed by atoms with E-state index in [0.717, 1.165) is 75.5 Å². The molecule has 0 aromatic carbocycles. The van der Waals surface area contributed by atoms with Crippen LogP contribution in [0.3, 0.4) is 0 Å². The minimum absolute atomic E-state index is 0.0667. The Kier molecular flexibility index (Phi) is 40.4. The van der Waals surface area contributed by atoms with E-state index in [9.17, 15) is 14.4 Å². The SMILES string of the molecule is CCC(C)CCCCCCCCC(=O)OC[C@@H](COC(=O)CCCCCCCCCC(C)C)OC(=O)CCCCCCCCCCCCCCCCCC(C)C. The molecule has 0 aromatic heterocycles. The lowest BCUT2D eigenvalue weighted by atomic mass is 10.00. The van der Waals surface area contributed by atoms with Crippen molar-refractivity contribution in [2.24, 2.45) is 17.8 Å². The Morgan fingerprint density at radius 3 is 0.929 bits per heavy atom. The molecule has 0 radical (unpaired) electrons. The normalized spacial score (nSPS) is 12.6. The molecule has 2 atom stereocenters. The van der Waals surface area contributed by atoms with Crippen LogP contribution in [-0.2, 0) is 28.6 Å². The standard InChI is InChI=1S/C50H96O6/c1-7-46(6)38-32-26-22-23-28-34-40-49(52)55-43-47(42-54-48(51)39-33-27-21-17-19-25-31-37-45(4)5)56-50(53)41-35-29-20-16-14-12-10-8-9-11-13-15-18-24-30-36-44(2)3/h44-47H,7-43H2,1-6H3/t46?,47-/m1/s1. The number of esters is 3. The van der Waals surface area contributed by atoms with Gasteiger partial charge in [0.05, 0.1) is 0 Å². The molecule has 0 saturated heterocycles. The highest BCUT2D eigenvalue weighted by molar-refractivity contribution is 5.71. The molecule has 0 fully saturated rings. The molecule has 0 amide bonds. The van der Waals surface area contributed by atoms with Gasteiger partial charge in [-0.05, 0) is 37.0 Å². The van der Waals surface area contributed by atoms with Crippen molar-refractivity contribution in [1.29, 1.82) is 0 Å². The van der Waals surface area contributed by atoms with Crippen LogP contribution in [0, 0.1) is 17.8 Å². The van der Waals surface area contributed by atoms with Gasteiger partial charge in [-0.2, -0.15) is 0 Å². The molecule has 0 rings (SSSR count). The van der Waals surface area contributed by atoms with Crippen molar-refractivity contribution >= 4 is 17.9 Å². The number of hydrogen-bond acceptors (Lipinski definition) is 6. The summed E-state index contributed by atoms with van der Waals surface area (Å²) >= 11 is 0. The highest BCUT2D eigenvalue weighted by Gasteiger charge is 2.19. The van der Waals surface area contributed by atoms with Crippen LogP contribution < -0.4 is 0 Å². The minimum Gasteiger partial charge on any atom is -0.462 e. The van der Waals surface area contributed by atoms with Gasteiger partial charge in [0.15, 0.2) is 6.10 Å². The molecule has 0 aliphatic rings.